The summed E-state index contributed by atoms with van der Waals surface area (Å²) in [5.74, 6) is 0. The van der Waals surface area contributed by atoms with Gasteiger partial charge < -0.3 is 0 Å². The van der Waals surface area contributed by atoms with E-state index in [0.717, 1.165) is 6.04 Å². The van der Waals surface area contributed by atoms with Crippen molar-refractivity contribution in [1.29, 1.82) is 0 Å². The Morgan fingerprint density at radius 2 is 2.00 bits per heavy atom. The summed E-state index contributed by atoms with van der Waals surface area (Å²) in [6.45, 7) is 6.60. The van der Waals surface area contributed by atoms with E-state index in [1.807, 2.05) is 0 Å². The molecule has 0 aliphatic heterocycles. The third-order valence-corrected chi connectivity index (χ3v) is 1.96. The van der Waals surface area contributed by atoms with E-state index in [1.54, 1.807) is 0 Å². The second kappa shape index (κ2) is 4.07. The van der Waals surface area contributed by atoms with E-state index >= 15 is 0 Å². The van der Waals surface area contributed by atoms with Crippen molar-refractivity contribution in [3.05, 3.63) is 0 Å². The zero-order valence-electron chi connectivity index (χ0n) is 7.85. The minimum Gasteiger partial charge on any atom is -0.300 e. The van der Waals surface area contributed by atoms with Crippen LogP contribution < -0.4 is 10.6 Å². The fourth-order valence-electron chi connectivity index (χ4n) is 1.22. The van der Waals surface area contributed by atoms with Gasteiger partial charge in [-0.2, -0.15) is 0 Å². The highest BCUT2D eigenvalue weighted by atomic mass is 15.2. The van der Waals surface area contributed by atoms with Crippen LogP contribution in [0.2, 0.25) is 0 Å². The van der Waals surface area contributed by atoms with Gasteiger partial charge in [0.25, 0.3) is 0 Å². The molecule has 0 bridgehead atoms. The number of nitrogens with one attached hydrogen (secondary N) is 2. The Hall–Kier alpha value is -0.0800. The molecule has 11 heavy (non-hydrogen) atoms. The maximum absolute atomic E-state index is 3.56. The molecule has 0 saturated heterocycles. The lowest BCUT2D eigenvalue weighted by molar-refractivity contribution is 0.380. The standard InChI is InChI=1S/C9H20N2/c1-4-9(10-7(2)3)11-8-5-6-8/h7-11H,4-6H2,1-3H3. The van der Waals surface area contributed by atoms with Crippen LogP contribution in [-0.2, 0) is 0 Å². The zero-order valence-corrected chi connectivity index (χ0v) is 7.85. The summed E-state index contributed by atoms with van der Waals surface area (Å²) in [5, 5.41) is 7.05. The average Bonchev–Trinajstić information content (AvgIpc) is 2.69. The highest BCUT2D eigenvalue weighted by molar-refractivity contribution is 4.83. The van der Waals surface area contributed by atoms with Crippen molar-refractivity contribution in [2.75, 3.05) is 0 Å². The van der Waals surface area contributed by atoms with Crippen LogP contribution in [0.5, 0.6) is 0 Å². The van der Waals surface area contributed by atoms with Crippen molar-refractivity contribution in [1.82, 2.24) is 10.6 Å². The highest BCUT2D eigenvalue weighted by Crippen LogP contribution is 2.19. The molecule has 1 unspecified atom stereocenters. The average molecular weight is 156 g/mol. The van der Waals surface area contributed by atoms with Crippen LogP contribution in [0.15, 0.2) is 0 Å². The maximum atomic E-state index is 3.56. The molecule has 1 rings (SSSR count). The molecule has 1 saturated carbocycles. The molecular weight excluding hydrogens is 136 g/mol. The molecule has 1 aliphatic carbocycles. The zero-order chi connectivity index (χ0) is 8.27. The molecule has 0 aromatic heterocycles. The molecule has 2 N–H and O–H groups in total. The first-order chi connectivity index (χ1) is 5.22. The van der Waals surface area contributed by atoms with Gasteiger partial charge >= 0.3 is 0 Å². The fraction of sp³-hybridized carbons (Fsp3) is 1.00. The fourth-order valence-corrected chi connectivity index (χ4v) is 1.22. The summed E-state index contributed by atoms with van der Waals surface area (Å²) < 4.78 is 0. The van der Waals surface area contributed by atoms with Gasteiger partial charge in [0.15, 0.2) is 0 Å². The maximum Gasteiger partial charge on any atom is 0.0573 e. The lowest BCUT2D eigenvalue weighted by atomic mass is 10.3. The largest absolute Gasteiger partial charge is 0.300 e. The summed E-state index contributed by atoms with van der Waals surface area (Å²) in [6.07, 6.45) is 4.45. The predicted octanol–water partition coefficient (Wildman–Crippen LogP) is 1.47. The Labute approximate surface area is 69.8 Å². The minimum atomic E-state index is 0.530. The lowest BCUT2D eigenvalue weighted by Gasteiger charge is -2.20. The van der Waals surface area contributed by atoms with Gasteiger partial charge in [-0.3, -0.25) is 10.6 Å². The van der Waals surface area contributed by atoms with E-state index in [2.05, 4.69) is 31.4 Å². The molecule has 0 heterocycles. The molecule has 0 amide bonds. The van der Waals surface area contributed by atoms with Crippen molar-refractivity contribution >= 4 is 0 Å². The Balaban J connectivity index is 2.12. The molecule has 0 aromatic carbocycles. The van der Waals surface area contributed by atoms with Gasteiger partial charge in [0, 0.05) is 12.1 Å². The highest BCUT2D eigenvalue weighted by Gasteiger charge is 2.23. The summed E-state index contributed by atoms with van der Waals surface area (Å²) in [4.78, 5) is 0. The minimum absolute atomic E-state index is 0.530. The smallest absolute Gasteiger partial charge is 0.0573 e. The Kier molecular flexibility index (Phi) is 3.34. The Bertz CT molecular complexity index is 104. The number of hydrogen-bond donors (Lipinski definition) is 2. The summed E-state index contributed by atoms with van der Waals surface area (Å²) in [6, 6.07) is 1.40. The Morgan fingerprint density at radius 3 is 2.36 bits per heavy atom. The van der Waals surface area contributed by atoms with Crippen molar-refractivity contribution < 1.29 is 0 Å². The van der Waals surface area contributed by atoms with Gasteiger partial charge in [0.2, 0.25) is 0 Å². The topological polar surface area (TPSA) is 24.1 Å². The second-order valence-corrected chi connectivity index (χ2v) is 3.72. The van der Waals surface area contributed by atoms with Crippen LogP contribution in [0.3, 0.4) is 0 Å². The monoisotopic (exact) mass is 156 g/mol. The molecular formula is C9H20N2. The van der Waals surface area contributed by atoms with Gasteiger partial charge in [-0.1, -0.05) is 6.92 Å². The molecule has 2 nitrogen and oxygen atoms in total. The van der Waals surface area contributed by atoms with E-state index in [9.17, 15) is 0 Å². The molecule has 1 fully saturated rings. The normalized spacial score (nSPS) is 20.7. The van der Waals surface area contributed by atoms with Crippen LogP contribution in [0.25, 0.3) is 0 Å². The third-order valence-electron chi connectivity index (χ3n) is 1.96. The van der Waals surface area contributed by atoms with E-state index < -0.39 is 0 Å². The van der Waals surface area contributed by atoms with Crippen molar-refractivity contribution in [2.45, 2.75) is 58.3 Å². The molecule has 0 radical (unpaired) electrons. The number of hydrogen-bond acceptors (Lipinski definition) is 2. The first-order valence-electron chi connectivity index (χ1n) is 4.74. The van der Waals surface area contributed by atoms with E-state index in [-0.39, 0.29) is 0 Å². The Morgan fingerprint density at radius 1 is 1.36 bits per heavy atom. The molecule has 0 aromatic rings. The van der Waals surface area contributed by atoms with Gasteiger partial charge in [-0.25, -0.2) is 0 Å². The van der Waals surface area contributed by atoms with E-state index in [1.165, 1.54) is 19.3 Å². The predicted molar refractivity (Wildman–Crippen MR) is 48.5 cm³/mol. The van der Waals surface area contributed by atoms with E-state index in [4.69, 9.17) is 0 Å². The van der Waals surface area contributed by atoms with Crippen molar-refractivity contribution in [2.24, 2.45) is 0 Å². The molecule has 1 atom stereocenters. The third kappa shape index (κ3) is 3.73. The molecule has 2 heteroatoms. The first-order valence-corrected chi connectivity index (χ1v) is 4.74. The van der Waals surface area contributed by atoms with Crippen LogP contribution in [-0.4, -0.2) is 18.2 Å². The van der Waals surface area contributed by atoms with E-state index in [0.29, 0.717) is 12.2 Å². The molecule has 66 valence electrons. The van der Waals surface area contributed by atoms with Gasteiger partial charge in [0.05, 0.1) is 6.17 Å². The van der Waals surface area contributed by atoms with Gasteiger partial charge in [-0.05, 0) is 33.1 Å². The molecule has 1 aliphatic rings. The first kappa shape index (κ1) is 9.01. The van der Waals surface area contributed by atoms with Crippen LogP contribution >= 0.6 is 0 Å². The molecule has 0 spiro atoms. The SMILES string of the molecule is CCC(NC(C)C)NC1CC1. The second-order valence-electron chi connectivity index (χ2n) is 3.72. The van der Waals surface area contributed by atoms with Gasteiger partial charge in [0.1, 0.15) is 0 Å². The van der Waals surface area contributed by atoms with Crippen LogP contribution in [0.1, 0.15) is 40.0 Å². The van der Waals surface area contributed by atoms with Crippen molar-refractivity contribution in [3.8, 4) is 0 Å². The quantitative estimate of drug-likeness (QED) is 0.589. The van der Waals surface area contributed by atoms with Crippen LogP contribution in [0.4, 0.5) is 0 Å². The van der Waals surface area contributed by atoms with Gasteiger partial charge in [-0.15, -0.1) is 0 Å². The number of rotatable bonds is 5. The summed E-state index contributed by atoms with van der Waals surface area (Å²) in [7, 11) is 0. The summed E-state index contributed by atoms with van der Waals surface area (Å²) in [5.41, 5.74) is 0. The summed E-state index contributed by atoms with van der Waals surface area (Å²) >= 11 is 0. The van der Waals surface area contributed by atoms with Crippen LogP contribution in [0, 0.1) is 0 Å². The van der Waals surface area contributed by atoms with Crippen molar-refractivity contribution in [3.63, 3.8) is 0 Å². The lowest BCUT2D eigenvalue weighted by Crippen LogP contribution is -2.45.